The molecule has 5 unspecified atom stereocenters. The number of nitrogens with one attached hydrogen (secondary N) is 1. The van der Waals surface area contributed by atoms with Crippen molar-refractivity contribution in [1.82, 2.24) is 9.99 Å². The molecule has 3 fully saturated rings. The zero-order valence-corrected chi connectivity index (χ0v) is 13.7. The summed E-state index contributed by atoms with van der Waals surface area (Å²) in [5, 5.41) is 3.24. The summed E-state index contributed by atoms with van der Waals surface area (Å²) in [5.74, 6) is 0.186. The van der Waals surface area contributed by atoms with Crippen molar-refractivity contribution in [1.29, 1.82) is 0 Å². The van der Waals surface area contributed by atoms with Gasteiger partial charge in [-0.15, -0.1) is 0 Å². The van der Waals surface area contributed by atoms with Gasteiger partial charge in [0.05, 0.1) is 11.5 Å². The quantitative estimate of drug-likeness (QED) is 0.714. The van der Waals surface area contributed by atoms with Gasteiger partial charge in [0.15, 0.2) is 0 Å². The molecule has 1 spiro atoms. The molecule has 2 heterocycles. The van der Waals surface area contributed by atoms with Crippen molar-refractivity contribution in [2.24, 2.45) is 17.1 Å². The molecule has 2 saturated heterocycles. The molecule has 3 rings (SSSR count). The lowest BCUT2D eigenvalue weighted by Gasteiger charge is -2.30. The summed E-state index contributed by atoms with van der Waals surface area (Å²) >= 11 is 0. The van der Waals surface area contributed by atoms with E-state index in [1.807, 2.05) is 4.67 Å². The van der Waals surface area contributed by atoms with Crippen molar-refractivity contribution in [3.8, 4) is 0 Å². The van der Waals surface area contributed by atoms with Crippen LogP contribution in [0.2, 0.25) is 0 Å². The Bertz CT molecular complexity index is 445. The topological polar surface area (TPSA) is 75.4 Å². The van der Waals surface area contributed by atoms with Gasteiger partial charge in [-0.1, -0.05) is 41.5 Å². The summed E-state index contributed by atoms with van der Waals surface area (Å²) in [6, 6.07) is -0.0345. The lowest BCUT2D eigenvalue weighted by atomic mass is 9.70. The average molecular weight is 311 g/mol. The van der Waals surface area contributed by atoms with E-state index in [-0.39, 0.29) is 17.9 Å². The van der Waals surface area contributed by atoms with E-state index < -0.39 is 5.41 Å². The second-order valence-corrected chi connectivity index (χ2v) is 7.65. The maximum absolute atomic E-state index is 12.7. The highest BCUT2D eigenvalue weighted by molar-refractivity contribution is 7.13. The van der Waals surface area contributed by atoms with Gasteiger partial charge in [0.25, 0.3) is 0 Å². The fourth-order valence-corrected chi connectivity index (χ4v) is 5.21. The van der Waals surface area contributed by atoms with Gasteiger partial charge in [0.1, 0.15) is 0 Å². The molecule has 0 bridgehead atoms. The molecule has 2 amide bonds. The fourth-order valence-electron chi connectivity index (χ4n) is 4.64. The van der Waals surface area contributed by atoms with Gasteiger partial charge in [-0.05, 0) is 25.2 Å². The molecule has 1 saturated carbocycles. The summed E-state index contributed by atoms with van der Waals surface area (Å²) in [7, 11) is 2.59. The molecular formula is C15H26N3O2P. The minimum Gasteiger partial charge on any atom is -0.368 e. The highest BCUT2D eigenvalue weighted by Gasteiger charge is 2.59. The molecule has 0 radical (unpaired) electrons. The van der Waals surface area contributed by atoms with Gasteiger partial charge in [-0.2, -0.15) is 0 Å². The molecule has 1 aliphatic carbocycles. The summed E-state index contributed by atoms with van der Waals surface area (Å²) < 4.78 is 1.90. The second kappa shape index (κ2) is 5.85. The Hall–Kier alpha value is -0.670. The first-order valence-corrected chi connectivity index (χ1v) is 8.68. The zero-order chi connectivity index (χ0) is 15.0. The summed E-state index contributed by atoms with van der Waals surface area (Å²) in [4.78, 5) is 24.3. The number of amides is 2. The van der Waals surface area contributed by atoms with E-state index in [0.29, 0.717) is 24.9 Å². The van der Waals surface area contributed by atoms with Gasteiger partial charge in [-0.25, -0.2) is 0 Å². The van der Waals surface area contributed by atoms with Crippen LogP contribution in [0.25, 0.3) is 0 Å². The number of nitrogens with two attached hydrogens (primary N) is 1. The lowest BCUT2D eigenvalue weighted by molar-refractivity contribution is -0.128. The third-order valence-electron chi connectivity index (χ3n) is 5.75. The van der Waals surface area contributed by atoms with Gasteiger partial charge in [0, 0.05) is 12.6 Å². The Morgan fingerprint density at radius 1 is 1.24 bits per heavy atom. The van der Waals surface area contributed by atoms with E-state index in [4.69, 9.17) is 5.73 Å². The number of rotatable bonds is 1. The summed E-state index contributed by atoms with van der Waals surface area (Å²) in [5.41, 5.74) is 5.10. The number of carbonyl (C=O) groups excluding carboxylic acids is 2. The number of nitrogens with zero attached hydrogens (tertiary/aromatic N) is 1. The van der Waals surface area contributed by atoms with Crippen LogP contribution in [0.5, 0.6) is 0 Å². The summed E-state index contributed by atoms with van der Waals surface area (Å²) in [6.07, 6.45) is 8.98. The third-order valence-corrected chi connectivity index (χ3v) is 6.29. The minimum atomic E-state index is -0.406. The largest absolute Gasteiger partial charge is 0.368 e. The first-order chi connectivity index (χ1) is 10.0. The Balaban J connectivity index is 1.86. The first kappa shape index (κ1) is 15.2. The van der Waals surface area contributed by atoms with E-state index in [0.717, 1.165) is 12.8 Å². The number of hydrogen-bond donors (Lipinski definition) is 2. The van der Waals surface area contributed by atoms with Crippen LogP contribution in [-0.4, -0.2) is 35.1 Å². The number of hydrogen-bond acceptors (Lipinski definition) is 3. The fraction of sp³-hybridized carbons (Fsp3) is 0.867. The van der Waals surface area contributed by atoms with Gasteiger partial charge < -0.3 is 11.1 Å². The number of fused-ring (bicyclic) bond motifs is 2. The van der Waals surface area contributed by atoms with Crippen molar-refractivity contribution in [3.63, 3.8) is 0 Å². The van der Waals surface area contributed by atoms with Crippen molar-refractivity contribution in [2.45, 2.75) is 63.5 Å². The standard InChI is InChI=1S/C15H26N3O2P/c16-13(19)12-8-15(9-18(12)21)10-6-4-2-1-3-5-7-11(10)17-14(15)20/h10-12H,1-9,21H2,(H2,16,19)(H,17,20). The molecular weight excluding hydrogens is 285 g/mol. The molecule has 118 valence electrons. The zero-order valence-electron chi connectivity index (χ0n) is 12.5. The molecule has 2 aliphatic heterocycles. The molecule has 5 atom stereocenters. The van der Waals surface area contributed by atoms with Crippen LogP contribution >= 0.6 is 9.39 Å². The normalized spacial score (nSPS) is 41.2. The van der Waals surface area contributed by atoms with E-state index >= 15 is 0 Å². The Kier molecular flexibility index (Phi) is 4.24. The van der Waals surface area contributed by atoms with Crippen LogP contribution in [0, 0.1) is 11.3 Å². The number of carbonyl (C=O) groups is 2. The molecule has 0 aromatic rings. The highest BCUT2D eigenvalue weighted by Crippen LogP contribution is 2.50. The van der Waals surface area contributed by atoms with Crippen LogP contribution in [0.15, 0.2) is 0 Å². The van der Waals surface area contributed by atoms with Crippen molar-refractivity contribution >= 4 is 21.2 Å². The van der Waals surface area contributed by atoms with Crippen LogP contribution in [0.1, 0.15) is 51.4 Å². The first-order valence-electron chi connectivity index (χ1n) is 8.16. The predicted molar refractivity (Wildman–Crippen MR) is 84.2 cm³/mol. The Labute approximate surface area is 128 Å². The van der Waals surface area contributed by atoms with Crippen LogP contribution in [0.3, 0.4) is 0 Å². The molecule has 5 nitrogen and oxygen atoms in total. The van der Waals surface area contributed by atoms with E-state index in [9.17, 15) is 9.59 Å². The Morgan fingerprint density at radius 2 is 1.90 bits per heavy atom. The van der Waals surface area contributed by atoms with E-state index in [2.05, 4.69) is 14.7 Å². The minimum absolute atomic E-state index is 0.147. The maximum atomic E-state index is 12.7. The van der Waals surface area contributed by atoms with E-state index in [1.165, 1.54) is 32.1 Å². The SMILES string of the molecule is NC(=O)C1CC2(CN1P)C(=O)NC1CCCCCCCC12. The van der Waals surface area contributed by atoms with Gasteiger partial charge in [0.2, 0.25) is 11.8 Å². The van der Waals surface area contributed by atoms with E-state index in [1.54, 1.807) is 0 Å². The molecule has 6 heteroatoms. The molecule has 3 aliphatic rings. The van der Waals surface area contributed by atoms with Gasteiger partial charge in [-0.3, -0.25) is 14.3 Å². The Morgan fingerprint density at radius 3 is 2.57 bits per heavy atom. The molecule has 21 heavy (non-hydrogen) atoms. The predicted octanol–water partition coefficient (Wildman–Crippen LogP) is 1.18. The van der Waals surface area contributed by atoms with Crippen molar-refractivity contribution in [3.05, 3.63) is 0 Å². The van der Waals surface area contributed by atoms with Crippen LogP contribution in [0.4, 0.5) is 0 Å². The van der Waals surface area contributed by atoms with Crippen molar-refractivity contribution in [2.75, 3.05) is 6.54 Å². The van der Waals surface area contributed by atoms with Crippen molar-refractivity contribution < 1.29 is 9.59 Å². The van der Waals surface area contributed by atoms with Crippen LogP contribution < -0.4 is 11.1 Å². The third kappa shape index (κ3) is 2.59. The lowest BCUT2D eigenvalue weighted by Crippen LogP contribution is -2.37. The average Bonchev–Trinajstić information content (AvgIpc) is 2.93. The monoisotopic (exact) mass is 311 g/mol. The van der Waals surface area contributed by atoms with Crippen LogP contribution in [-0.2, 0) is 9.59 Å². The molecule has 0 aromatic heterocycles. The summed E-state index contributed by atoms with van der Waals surface area (Å²) in [6.45, 7) is 0.637. The second-order valence-electron chi connectivity index (χ2n) is 6.98. The maximum Gasteiger partial charge on any atom is 0.235 e. The number of primary amides is 1. The van der Waals surface area contributed by atoms with Gasteiger partial charge >= 0.3 is 0 Å². The molecule has 0 aromatic carbocycles. The smallest absolute Gasteiger partial charge is 0.235 e. The molecule has 3 N–H and O–H groups in total. The highest BCUT2D eigenvalue weighted by atomic mass is 31.0.